The van der Waals surface area contributed by atoms with Crippen LogP contribution in [0.1, 0.15) is 27.7 Å². The minimum absolute atomic E-state index is 0.0356. The first-order valence-electron chi connectivity index (χ1n) is 12.5. The summed E-state index contributed by atoms with van der Waals surface area (Å²) in [4.78, 5) is 40.9. The lowest BCUT2D eigenvalue weighted by Crippen LogP contribution is -2.51. The van der Waals surface area contributed by atoms with Gasteiger partial charge in [0.15, 0.2) is 5.78 Å². The number of ketones is 1. The number of hydrogen-bond acceptors (Lipinski definition) is 5. The van der Waals surface area contributed by atoms with Gasteiger partial charge in [-0.05, 0) is 42.6 Å². The van der Waals surface area contributed by atoms with Gasteiger partial charge in [0.2, 0.25) is 0 Å². The largest absolute Gasteiger partial charge is 0.462 e. The monoisotopic (exact) mass is 519 g/mol. The van der Waals surface area contributed by atoms with Crippen LogP contribution in [-0.2, 0) is 19.1 Å². The Morgan fingerprint density at radius 2 is 1.11 bits per heavy atom. The van der Waals surface area contributed by atoms with E-state index in [1.165, 1.54) is 0 Å². The van der Waals surface area contributed by atoms with Crippen molar-refractivity contribution < 1.29 is 23.9 Å². The Kier molecular flexibility index (Phi) is 9.87. The summed E-state index contributed by atoms with van der Waals surface area (Å²) in [6.45, 7) is 4.26. The van der Waals surface area contributed by atoms with Crippen LogP contribution in [0.5, 0.6) is 0 Å². The lowest BCUT2D eigenvalue weighted by molar-refractivity contribution is -0.135. The van der Waals surface area contributed by atoms with Gasteiger partial charge in [0.05, 0.1) is 19.3 Å². The van der Waals surface area contributed by atoms with E-state index in [9.17, 15) is 14.4 Å². The Bertz CT molecular complexity index is 1150. The van der Waals surface area contributed by atoms with Crippen LogP contribution in [0.25, 0.3) is 0 Å². The summed E-state index contributed by atoms with van der Waals surface area (Å²) in [5, 5.41) is 5.24. The normalized spacial score (nSPS) is 11.9. The molecule has 0 saturated heterocycles. The molecule has 3 rings (SSSR count). The second-order valence-electron chi connectivity index (χ2n) is 8.70. The molecular weight excluding hydrogens is 485 g/mol. The van der Waals surface area contributed by atoms with Gasteiger partial charge in [-0.3, -0.25) is 4.79 Å². The fourth-order valence-electron chi connectivity index (χ4n) is 4.37. The molecule has 1 unspecified atom stereocenters. The zero-order valence-corrected chi connectivity index (χ0v) is 22.6. The molecule has 7 heteroatoms. The Morgan fingerprint density at radius 1 is 0.703 bits per heavy atom. The van der Waals surface area contributed by atoms with Crippen molar-refractivity contribution in [2.24, 2.45) is 5.92 Å². The van der Waals surface area contributed by atoms with E-state index < -0.39 is 30.8 Å². The maximum absolute atomic E-state index is 14.5. The zero-order chi connectivity index (χ0) is 26.8. The quantitative estimate of drug-likeness (QED) is 0.248. The van der Waals surface area contributed by atoms with Crippen molar-refractivity contribution in [1.29, 1.82) is 0 Å². The van der Waals surface area contributed by atoms with Crippen LogP contribution in [0.15, 0.2) is 91.0 Å². The summed E-state index contributed by atoms with van der Waals surface area (Å²) in [5.74, 6) is -1.48. The van der Waals surface area contributed by atoms with E-state index in [4.69, 9.17) is 9.47 Å². The minimum Gasteiger partial charge on any atom is -0.462 e. The second kappa shape index (κ2) is 13.1. The molecule has 37 heavy (non-hydrogen) atoms. The van der Waals surface area contributed by atoms with Gasteiger partial charge in [-0.25, -0.2) is 9.59 Å². The molecule has 0 radical (unpaired) electrons. The van der Waals surface area contributed by atoms with Crippen molar-refractivity contribution in [3.8, 4) is 0 Å². The predicted octanol–water partition coefficient (Wildman–Crippen LogP) is 4.06. The van der Waals surface area contributed by atoms with Crippen LogP contribution >= 0.6 is 6.89 Å². The topological polar surface area (TPSA) is 81.7 Å². The van der Waals surface area contributed by atoms with E-state index in [2.05, 4.69) is 5.32 Å². The third-order valence-corrected chi connectivity index (χ3v) is 10.3. The number of hydrogen-bond donors (Lipinski definition) is 1. The van der Waals surface area contributed by atoms with Gasteiger partial charge in [-0.15, -0.1) is 0 Å². The molecule has 0 fully saturated rings. The highest BCUT2D eigenvalue weighted by molar-refractivity contribution is 7.97. The van der Waals surface area contributed by atoms with Crippen LogP contribution in [0, 0.1) is 5.92 Å². The second-order valence-corrected chi connectivity index (χ2v) is 12.0. The van der Waals surface area contributed by atoms with Crippen LogP contribution in [0.2, 0.25) is 0 Å². The van der Waals surface area contributed by atoms with E-state index in [0.717, 1.165) is 15.9 Å². The average molecular weight is 520 g/mol. The molecule has 0 bridgehead atoms. The Morgan fingerprint density at radius 3 is 1.46 bits per heavy atom. The number of alkyl carbamates (subject to hydrolysis) is 1. The van der Waals surface area contributed by atoms with Gasteiger partial charge >= 0.3 is 12.1 Å². The highest BCUT2D eigenvalue weighted by Crippen LogP contribution is 2.47. The number of Topliss-reactive ketones (excluding diaryl/α,β-unsaturated/α-hetero) is 1. The van der Waals surface area contributed by atoms with Crippen LogP contribution in [-0.4, -0.2) is 42.4 Å². The summed E-state index contributed by atoms with van der Waals surface area (Å²) < 4.78 is 10.6. The molecule has 0 aliphatic carbocycles. The molecule has 1 N–H and O–H groups in total. The van der Waals surface area contributed by atoms with Crippen molar-refractivity contribution >= 4 is 45.9 Å². The molecule has 0 aromatic heterocycles. The van der Waals surface area contributed by atoms with E-state index >= 15 is 0 Å². The standard InChI is InChI=1S/C30H34NO5P/c1-5-35-29(33)28(27(32)26(22(3)4)31-30(34)36-6-2)37(23-16-10-7-11-17-23,24-18-12-8-13-19-24)25-20-14-9-15-21-25/h7-22,26H,5-6H2,1-4H3,(H,31,34). The summed E-state index contributed by atoms with van der Waals surface area (Å²) in [6, 6.07) is 27.8. The van der Waals surface area contributed by atoms with Crippen LogP contribution in [0.4, 0.5) is 4.79 Å². The maximum atomic E-state index is 14.5. The number of carbonyl (C=O) groups excluding carboxylic acids is 3. The van der Waals surface area contributed by atoms with Crippen LogP contribution in [0.3, 0.4) is 0 Å². The van der Waals surface area contributed by atoms with Crippen molar-refractivity contribution in [2.45, 2.75) is 33.7 Å². The summed E-state index contributed by atoms with van der Waals surface area (Å²) in [5.41, 5.74) is 0. The third-order valence-electron chi connectivity index (χ3n) is 5.97. The molecule has 3 aromatic rings. The highest BCUT2D eigenvalue weighted by atomic mass is 31.2. The van der Waals surface area contributed by atoms with Crippen molar-refractivity contribution in [2.75, 3.05) is 13.2 Å². The molecule has 3 aromatic carbocycles. The Labute approximate surface area is 219 Å². The Balaban J connectivity index is 2.54. The zero-order valence-electron chi connectivity index (χ0n) is 21.7. The van der Waals surface area contributed by atoms with Gasteiger partial charge in [-0.1, -0.05) is 105 Å². The summed E-state index contributed by atoms with van der Waals surface area (Å²) in [7, 11) is 0. The first kappa shape index (κ1) is 27.9. The van der Waals surface area contributed by atoms with E-state index in [-0.39, 0.29) is 24.4 Å². The molecule has 194 valence electrons. The average Bonchev–Trinajstić information content (AvgIpc) is 2.91. The number of ether oxygens (including phenoxy) is 2. The number of amides is 1. The van der Waals surface area contributed by atoms with E-state index in [1.54, 1.807) is 13.8 Å². The van der Waals surface area contributed by atoms with Gasteiger partial charge in [0, 0.05) is 0 Å². The Hall–Kier alpha value is -3.63. The summed E-state index contributed by atoms with van der Waals surface area (Å²) >= 11 is 0. The number of nitrogens with one attached hydrogen (secondary N) is 1. The highest BCUT2D eigenvalue weighted by Gasteiger charge is 2.41. The third kappa shape index (κ3) is 6.03. The molecule has 0 aliphatic rings. The predicted molar refractivity (Wildman–Crippen MR) is 151 cm³/mol. The number of esters is 1. The van der Waals surface area contributed by atoms with Gasteiger partial charge in [0.25, 0.3) is 0 Å². The number of benzene rings is 3. The molecule has 0 aliphatic heterocycles. The van der Waals surface area contributed by atoms with Crippen molar-refractivity contribution in [3.05, 3.63) is 91.0 Å². The molecule has 1 atom stereocenters. The molecule has 0 heterocycles. The molecule has 6 nitrogen and oxygen atoms in total. The summed E-state index contributed by atoms with van der Waals surface area (Å²) in [6.07, 6.45) is -0.708. The fourth-order valence-corrected chi connectivity index (χ4v) is 8.71. The van der Waals surface area contributed by atoms with Gasteiger partial charge in [0.1, 0.15) is 5.29 Å². The molecule has 1 amide bonds. The number of carbonyl (C=O) groups is 3. The van der Waals surface area contributed by atoms with E-state index in [0.29, 0.717) is 0 Å². The lowest BCUT2D eigenvalue weighted by atomic mass is 9.98. The smallest absolute Gasteiger partial charge is 0.407 e. The van der Waals surface area contributed by atoms with E-state index in [1.807, 2.05) is 105 Å². The van der Waals surface area contributed by atoms with Crippen molar-refractivity contribution in [3.63, 3.8) is 0 Å². The van der Waals surface area contributed by atoms with Gasteiger partial charge < -0.3 is 14.8 Å². The first-order valence-corrected chi connectivity index (χ1v) is 14.2. The maximum Gasteiger partial charge on any atom is 0.407 e. The first-order chi connectivity index (χ1) is 17.9. The van der Waals surface area contributed by atoms with Crippen molar-refractivity contribution in [1.82, 2.24) is 5.32 Å². The fraction of sp³-hybridized carbons (Fsp3) is 0.267. The molecular formula is C30H34NO5P. The molecule has 0 saturated carbocycles. The van der Waals surface area contributed by atoms with Crippen LogP contribution < -0.4 is 21.2 Å². The number of rotatable bonds is 10. The molecule has 0 spiro atoms. The lowest BCUT2D eigenvalue weighted by Gasteiger charge is -2.33. The van der Waals surface area contributed by atoms with Gasteiger partial charge in [-0.2, -0.15) is 0 Å². The SMILES string of the molecule is CCOC(=O)NC(C(=O)C(C(=O)OCC)=P(c1ccccc1)(c1ccccc1)c1ccccc1)C(C)C. The minimum atomic E-state index is -3.06.